The molecule has 5 nitrogen and oxygen atoms in total. The highest BCUT2D eigenvalue weighted by Crippen LogP contribution is 2.26. The number of hydrazine groups is 1. The van der Waals surface area contributed by atoms with Gasteiger partial charge in [0.25, 0.3) is 0 Å². The van der Waals surface area contributed by atoms with Crippen molar-refractivity contribution in [3.63, 3.8) is 0 Å². The number of hydrogen-bond donors (Lipinski definition) is 2. The number of nitrogens with two attached hydrogens (primary N) is 1. The number of ether oxygens (including phenoxy) is 1. The van der Waals surface area contributed by atoms with Gasteiger partial charge in [0, 0.05) is 11.6 Å². The summed E-state index contributed by atoms with van der Waals surface area (Å²) >= 11 is 0. The van der Waals surface area contributed by atoms with Crippen LogP contribution in [0, 0.1) is 11.6 Å². The number of aromatic nitrogens is 2. The van der Waals surface area contributed by atoms with Gasteiger partial charge in [-0.2, -0.15) is 0 Å². The molecule has 2 aromatic rings. The number of halogens is 2. The normalized spacial score (nSPS) is 12.2. The minimum Gasteiger partial charge on any atom is -0.481 e. The van der Waals surface area contributed by atoms with Crippen LogP contribution >= 0.6 is 0 Å². The summed E-state index contributed by atoms with van der Waals surface area (Å²) in [6.45, 7) is 0. The lowest BCUT2D eigenvalue weighted by molar-refractivity contribution is 0.394. The van der Waals surface area contributed by atoms with Gasteiger partial charge in [-0.25, -0.2) is 24.2 Å². The fourth-order valence-corrected chi connectivity index (χ4v) is 1.73. The smallest absolute Gasteiger partial charge is 0.216 e. The van der Waals surface area contributed by atoms with Gasteiger partial charge in [0.1, 0.15) is 18.0 Å². The fourth-order valence-electron chi connectivity index (χ4n) is 1.73. The Morgan fingerprint density at radius 1 is 1.26 bits per heavy atom. The zero-order valence-corrected chi connectivity index (χ0v) is 10.1. The first kappa shape index (κ1) is 13.3. The van der Waals surface area contributed by atoms with E-state index in [1.165, 1.54) is 25.6 Å². The molecule has 1 heterocycles. The Bertz CT molecular complexity index is 559. The molecule has 7 heteroatoms. The third-order valence-electron chi connectivity index (χ3n) is 2.62. The SMILES string of the molecule is COc1cc(C(NN)c2c(F)cccc2F)ncn1. The monoisotopic (exact) mass is 266 g/mol. The summed E-state index contributed by atoms with van der Waals surface area (Å²) in [5, 5.41) is 0. The number of hydrogen-bond acceptors (Lipinski definition) is 5. The molecule has 0 amide bonds. The molecule has 0 saturated heterocycles. The Balaban J connectivity index is 2.50. The van der Waals surface area contributed by atoms with E-state index in [4.69, 9.17) is 10.6 Å². The van der Waals surface area contributed by atoms with E-state index in [0.717, 1.165) is 12.1 Å². The summed E-state index contributed by atoms with van der Waals surface area (Å²) in [5.74, 6) is 4.25. The van der Waals surface area contributed by atoms with Crippen molar-refractivity contribution in [2.24, 2.45) is 5.84 Å². The van der Waals surface area contributed by atoms with Crippen molar-refractivity contribution in [2.75, 3.05) is 7.11 Å². The van der Waals surface area contributed by atoms with E-state index < -0.39 is 17.7 Å². The highest BCUT2D eigenvalue weighted by Gasteiger charge is 2.22. The third kappa shape index (κ3) is 2.67. The molecule has 0 fully saturated rings. The van der Waals surface area contributed by atoms with Crippen molar-refractivity contribution < 1.29 is 13.5 Å². The molecule has 0 aliphatic rings. The Morgan fingerprint density at radius 3 is 2.53 bits per heavy atom. The molecule has 0 radical (unpaired) electrons. The fraction of sp³-hybridized carbons (Fsp3) is 0.167. The predicted octanol–water partition coefficient (Wildman–Crippen LogP) is 1.32. The van der Waals surface area contributed by atoms with Gasteiger partial charge in [0.05, 0.1) is 18.8 Å². The highest BCUT2D eigenvalue weighted by molar-refractivity contribution is 5.31. The molecule has 3 N–H and O–H groups in total. The number of methoxy groups -OCH3 is 1. The molecular formula is C12H12F2N4O. The lowest BCUT2D eigenvalue weighted by atomic mass is 10.0. The molecule has 0 bridgehead atoms. The van der Waals surface area contributed by atoms with Crippen LogP contribution in [0.2, 0.25) is 0 Å². The van der Waals surface area contributed by atoms with E-state index in [0.29, 0.717) is 5.69 Å². The largest absolute Gasteiger partial charge is 0.481 e. The molecule has 19 heavy (non-hydrogen) atoms. The van der Waals surface area contributed by atoms with Crippen LogP contribution in [0.1, 0.15) is 17.3 Å². The van der Waals surface area contributed by atoms with E-state index in [-0.39, 0.29) is 11.4 Å². The minimum absolute atomic E-state index is 0.203. The molecule has 0 spiro atoms. The van der Waals surface area contributed by atoms with Crippen LogP contribution in [0.4, 0.5) is 8.78 Å². The van der Waals surface area contributed by atoms with Gasteiger partial charge in [0.15, 0.2) is 0 Å². The summed E-state index contributed by atoms with van der Waals surface area (Å²) < 4.78 is 32.4. The van der Waals surface area contributed by atoms with E-state index in [9.17, 15) is 8.78 Å². The van der Waals surface area contributed by atoms with Gasteiger partial charge in [-0.05, 0) is 12.1 Å². The summed E-state index contributed by atoms with van der Waals surface area (Å²) in [6, 6.07) is 4.11. The zero-order valence-electron chi connectivity index (χ0n) is 10.1. The number of rotatable bonds is 4. The lowest BCUT2D eigenvalue weighted by Gasteiger charge is -2.17. The summed E-state index contributed by atoms with van der Waals surface area (Å²) in [6.07, 6.45) is 1.23. The molecule has 100 valence electrons. The Hall–Kier alpha value is -2.12. The van der Waals surface area contributed by atoms with Gasteiger partial charge in [0.2, 0.25) is 5.88 Å². The molecule has 1 aromatic heterocycles. The zero-order chi connectivity index (χ0) is 13.8. The first-order valence-electron chi connectivity index (χ1n) is 5.43. The van der Waals surface area contributed by atoms with E-state index in [1.807, 2.05) is 0 Å². The number of nitrogens with zero attached hydrogens (tertiary/aromatic N) is 2. The molecule has 1 aromatic carbocycles. The topological polar surface area (TPSA) is 73.1 Å². The predicted molar refractivity (Wildman–Crippen MR) is 64.1 cm³/mol. The first-order chi connectivity index (χ1) is 9.17. The van der Waals surface area contributed by atoms with Gasteiger partial charge in [-0.3, -0.25) is 5.84 Å². The van der Waals surface area contributed by atoms with Crippen molar-refractivity contribution in [3.8, 4) is 5.88 Å². The van der Waals surface area contributed by atoms with Gasteiger partial charge in [-0.15, -0.1) is 0 Å². The van der Waals surface area contributed by atoms with Gasteiger partial charge >= 0.3 is 0 Å². The number of nitrogens with one attached hydrogen (secondary N) is 1. The third-order valence-corrected chi connectivity index (χ3v) is 2.62. The highest BCUT2D eigenvalue weighted by atomic mass is 19.1. The Morgan fingerprint density at radius 2 is 1.95 bits per heavy atom. The number of benzene rings is 1. The Kier molecular flexibility index (Phi) is 3.98. The molecule has 2 rings (SSSR count). The average Bonchev–Trinajstić information content (AvgIpc) is 2.43. The molecule has 1 unspecified atom stereocenters. The van der Waals surface area contributed by atoms with Gasteiger partial charge < -0.3 is 4.74 Å². The van der Waals surface area contributed by atoms with Crippen LogP contribution < -0.4 is 16.0 Å². The maximum Gasteiger partial charge on any atom is 0.216 e. The lowest BCUT2D eigenvalue weighted by Crippen LogP contribution is -2.31. The van der Waals surface area contributed by atoms with Crippen LogP contribution in [0.15, 0.2) is 30.6 Å². The molecule has 0 aliphatic carbocycles. The van der Waals surface area contributed by atoms with E-state index >= 15 is 0 Å². The van der Waals surface area contributed by atoms with Crippen LogP contribution in [0.5, 0.6) is 5.88 Å². The minimum atomic E-state index is -0.932. The van der Waals surface area contributed by atoms with Crippen LogP contribution in [-0.2, 0) is 0 Å². The van der Waals surface area contributed by atoms with Crippen molar-refractivity contribution in [3.05, 3.63) is 53.5 Å². The molecule has 1 atom stereocenters. The standard InChI is InChI=1S/C12H12F2N4O/c1-19-10-5-9(16-6-17-10)12(18-15)11-7(13)3-2-4-8(11)14/h2-6,12,18H,15H2,1H3. The maximum atomic E-state index is 13.7. The van der Waals surface area contributed by atoms with E-state index in [1.54, 1.807) is 0 Å². The summed E-state index contributed by atoms with van der Waals surface area (Å²) in [5.41, 5.74) is 2.44. The molecule has 0 aliphatic heterocycles. The quantitative estimate of drug-likeness (QED) is 0.645. The summed E-state index contributed by atoms with van der Waals surface area (Å²) in [7, 11) is 1.43. The molecule has 0 saturated carbocycles. The summed E-state index contributed by atoms with van der Waals surface area (Å²) in [4.78, 5) is 7.77. The van der Waals surface area contributed by atoms with Crippen LogP contribution in [0.3, 0.4) is 0 Å². The first-order valence-corrected chi connectivity index (χ1v) is 5.43. The van der Waals surface area contributed by atoms with Crippen LogP contribution in [-0.4, -0.2) is 17.1 Å². The Labute approximate surface area is 108 Å². The van der Waals surface area contributed by atoms with Crippen molar-refractivity contribution in [2.45, 2.75) is 6.04 Å². The molecular weight excluding hydrogens is 254 g/mol. The van der Waals surface area contributed by atoms with E-state index in [2.05, 4.69) is 15.4 Å². The second-order valence-electron chi connectivity index (χ2n) is 3.72. The maximum absolute atomic E-state index is 13.7. The average molecular weight is 266 g/mol. The van der Waals surface area contributed by atoms with Gasteiger partial charge in [-0.1, -0.05) is 6.07 Å². The van der Waals surface area contributed by atoms with Crippen LogP contribution in [0.25, 0.3) is 0 Å². The van der Waals surface area contributed by atoms with Crippen molar-refractivity contribution in [1.29, 1.82) is 0 Å². The van der Waals surface area contributed by atoms with Crippen molar-refractivity contribution in [1.82, 2.24) is 15.4 Å². The second-order valence-corrected chi connectivity index (χ2v) is 3.72. The second kappa shape index (κ2) is 5.68. The van der Waals surface area contributed by atoms with Crippen molar-refractivity contribution >= 4 is 0 Å².